The van der Waals surface area contributed by atoms with Crippen LogP contribution in [0, 0.1) is 0 Å². The lowest BCUT2D eigenvalue weighted by Gasteiger charge is -2.15. The molecular weight excluding hydrogens is 364 g/mol. The number of hydrogen-bond acceptors (Lipinski definition) is 6. The minimum Gasteiger partial charge on any atom is -0.495 e. The van der Waals surface area contributed by atoms with Crippen molar-refractivity contribution >= 4 is 29.2 Å². The standard InChI is InChI=1S/C19H20N4O5/c1-3-4-5-14(24)21-12-8-10(6-7-13(12)28-2)23-15(25)9-11-16(17(23)20)19(27)22-18(11)26/h6-9H,3-5,20H2,1-2H3,(H,21,24)(H,22,26,27). The highest BCUT2D eigenvalue weighted by molar-refractivity contribution is 6.23. The lowest BCUT2D eigenvalue weighted by atomic mass is 10.1. The first-order valence-electron chi connectivity index (χ1n) is 8.76. The SMILES string of the molecule is CCCCC(=O)Nc1cc(-n2c(N)c3c(cc2=O)C(=O)NC3=O)ccc1OC. The molecular formula is C19H20N4O5. The highest BCUT2D eigenvalue weighted by Gasteiger charge is 2.31. The number of imide groups is 1. The van der Waals surface area contributed by atoms with Gasteiger partial charge in [-0.15, -0.1) is 0 Å². The van der Waals surface area contributed by atoms with E-state index in [1.165, 1.54) is 13.2 Å². The zero-order valence-electron chi connectivity index (χ0n) is 15.5. The van der Waals surface area contributed by atoms with E-state index in [2.05, 4.69) is 10.6 Å². The van der Waals surface area contributed by atoms with Gasteiger partial charge in [0.1, 0.15) is 11.6 Å². The predicted octanol–water partition coefficient (Wildman–Crippen LogP) is 1.44. The van der Waals surface area contributed by atoms with Crippen LogP contribution < -0.4 is 26.7 Å². The number of nitrogen functional groups attached to an aromatic ring is 1. The number of fused-ring (bicyclic) bond motifs is 1. The van der Waals surface area contributed by atoms with Gasteiger partial charge in [0, 0.05) is 12.5 Å². The first-order chi connectivity index (χ1) is 13.4. The number of unbranched alkanes of at least 4 members (excludes halogenated alkanes) is 1. The summed E-state index contributed by atoms with van der Waals surface area (Å²) in [4.78, 5) is 48.4. The Balaban J connectivity index is 2.08. The average Bonchev–Trinajstić information content (AvgIpc) is 2.94. The molecule has 0 fully saturated rings. The van der Waals surface area contributed by atoms with Crippen molar-refractivity contribution in [2.75, 3.05) is 18.2 Å². The Hall–Kier alpha value is -3.62. The lowest BCUT2D eigenvalue weighted by Crippen LogP contribution is -2.24. The molecule has 0 saturated carbocycles. The van der Waals surface area contributed by atoms with Crippen molar-refractivity contribution < 1.29 is 19.1 Å². The molecule has 0 unspecified atom stereocenters. The van der Waals surface area contributed by atoms with Crippen LogP contribution in [0.5, 0.6) is 5.75 Å². The van der Waals surface area contributed by atoms with Crippen LogP contribution in [0.2, 0.25) is 0 Å². The van der Waals surface area contributed by atoms with Crippen molar-refractivity contribution in [2.45, 2.75) is 26.2 Å². The smallest absolute Gasteiger partial charge is 0.262 e. The monoisotopic (exact) mass is 384 g/mol. The molecule has 0 spiro atoms. The minimum atomic E-state index is -0.659. The normalized spacial score (nSPS) is 12.5. The Labute approximate surface area is 160 Å². The molecule has 146 valence electrons. The second-order valence-electron chi connectivity index (χ2n) is 6.31. The highest BCUT2D eigenvalue weighted by atomic mass is 16.5. The fourth-order valence-corrected chi connectivity index (χ4v) is 3.03. The zero-order chi connectivity index (χ0) is 20.4. The maximum Gasteiger partial charge on any atom is 0.262 e. The van der Waals surface area contributed by atoms with Gasteiger partial charge in [-0.25, -0.2) is 0 Å². The molecule has 0 bridgehead atoms. The molecule has 0 radical (unpaired) electrons. The summed E-state index contributed by atoms with van der Waals surface area (Å²) >= 11 is 0. The fraction of sp³-hybridized carbons (Fsp3) is 0.263. The molecule has 1 aliphatic heterocycles. The molecule has 9 nitrogen and oxygen atoms in total. The van der Waals surface area contributed by atoms with Crippen molar-refractivity contribution in [1.82, 2.24) is 9.88 Å². The number of carbonyl (C=O) groups is 3. The largest absolute Gasteiger partial charge is 0.495 e. The van der Waals surface area contributed by atoms with Crippen molar-refractivity contribution in [3.63, 3.8) is 0 Å². The molecule has 0 atom stereocenters. The second kappa shape index (κ2) is 7.55. The maximum absolute atomic E-state index is 12.6. The zero-order valence-corrected chi connectivity index (χ0v) is 15.5. The first kappa shape index (κ1) is 19.2. The van der Waals surface area contributed by atoms with Crippen molar-refractivity contribution in [3.05, 3.63) is 45.7 Å². The number of anilines is 2. The number of ether oxygens (including phenoxy) is 1. The quantitative estimate of drug-likeness (QED) is 0.646. The first-order valence-corrected chi connectivity index (χ1v) is 8.76. The number of hydrogen-bond donors (Lipinski definition) is 3. The number of pyridine rings is 1. The van der Waals surface area contributed by atoms with Crippen molar-refractivity contribution in [2.24, 2.45) is 0 Å². The van der Waals surface area contributed by atoms with Gasteiger partial charge in [0.25, 0.3) is 17.4 Å². The summed E-state index contributed by atoms with van der Waals surface area (Å²) in [5.41, 5.74) is 6.06. The molecule has 0 saturated heterocycles. The van der Waals surface area contributed by atoms with Gasteiger partial charge in [-0.3, -0.25) is 29.1 Å². The minimum absolute atomic E-state index is 0.0473. The van der Waals surface area contributed by atoms with Gasteiger partial charge in [-0.05, 0) is 24.6 Å². The van der Waals surface area contributed by atoms with E-state index in [1.54, 1.807) is 12.1 Å². The summed E-state index contributed by atoms with van der Waals surface area (Å²) in [6.07, 6.45) is 1.98. The van der Waals surface area contributed by atoms with Gasteiger partial charge in [0.2, 0.25) is 5.91 Å². The number of nitrogens with zero attached hydrogens (tertiary/aromatic N) is 1. The Bertz CT molecular complexity index is 1040. The van der Waals surface area contributed by atoms with Crippen molar-refractivity contribution in [1.29, 1.82) is 0 Å². The highest BCUT2D eigenvalue weighted by Crippen LogP contribution is 2.29. The number of methoxy groups -OCH3 is 1. The number of rotatable bonds is 6. The van der Waals surface area contributed by atoms with Crippen LogP contribution in [0.3, 0.4) is 0 Å². The fourth-order valence-electron chi connectivity index (χ4n) is 3.03. The third kappa shape index (κ3) is 3.34. The van der Waals surface area contributed by atoms with E-state index in [0.29, 0.717) is 23.5 Å². The summed E-state index contributed by atoms with van der Waals surface area (Å²) < 4.78 is 6.37. The van der Waals surface area contributed by atoms with E-state index >= 15 is 0 Å². The Morgan fingerprint density at radius 2 is 1.96 bits per heavy atom. The molecule has 2 aromatic rings. The van der Waals surface area contributed by atoms with E-state index in [-0.39, 0.29) is 22.9 Å². The predicted molar refractivity (Wildman–Crippen MR) is 103 cm³/mol. The second-order valence-corrected chi connectivity index (χ2v) is 6.31. The Kier molecular flexibility index (Phi) is 5.16. The summed E-state index contributed by atoms with van der Waals surface area (Å²) in [5, 5.41) is 4.88. The van der Waals surface area contributed by atoms with Crippen LogP contribution in [-0.4, -0.2) is 29.4 Å². The average molecular weight is 384 g/mol. The van der Waals surface area contributed by atoms with Gasteiger partial charge in [0.05, 0.1) is 29.6 Å². The summed E-state index contributed by atoms with van der Waals surface area (Å²) in [7, 11) is 1.46. The van der Waals surface area contributed by atoms with Crippen LogP contribution in [-0.2, 0) is 4.79 Å². The Morgan fingerprint density at radius 3 is 2.64 bits per heavy atom. The summed E-state index contributed by atoms with van der Waals surface area (Å²) in [5.74, 6) is -1.24. The molecule has 0 aliphatic carbocycles. The van der Waals surface area contributed by atoms with Crippen molar-refractivity contribution in [3.8, 4) is 11.4 Å². The van der Waals surface area contributed by atoms with Crippen LogP contribution >= 0.6 is 0 Å². The van der Waals surface area contributed by atoms with Crippen LogP contribution in [0.1, 0.15) is 46.9 Å². The molecule has 3 rings (SSSR count). The molecule has 4 N–H and O–H groups in total. The molecule has 1 aromatic heterocycles. The molecule has 9 heteroatoms. The van der Waals surface area contributed by atoms with E-state index in [4.69, 9.17) is 10.5 Å². The number of benzene rings is 1. The maximum atomic E-state index is 12.6. The third-order valence-electron chi connectivity index (χ3n) is 4.43. The van der Waals surface area contributed by atoms with E-state index in [0.717, 1.165) is 23.5 Å². The lowest BCUT2D eigenvalue weighted by molar-refractivity contribution is -0.116. The van der Waals surface area contributed by atoms with E-state index in [9.17, 15) is 19.2 Å². The summed E-state index contributed by atoms with van der Waals surface area (Å²) in [6.45, 7) is 1.98. The van der Waals surface area contributed by atoms with Crippen LogP contribution in [0.25, 0.3) is 5.69 Å². The third-order valence-corrected chi connectivity index (χ3v) is 4.43. The van der Waals surface area contributed by atoms with Gasteiger partial charge < -0.3 is 15.8 Å². The molecule has 28 heavy (non-hydrogen) atoms. The topological polar surface area (TPSA) is 133 Å². The van der Waals surface area contributed by atoms with E-state index < -0.39 is 17.4 Å². The molecule has 1 aromatic carbocycles. The molecule has 1 aliphatic rings. The van der Waals surface area contributed by atoms with Crippen LogP contribution in [0.4, 0.5) is 11.5 Å². The molecule has 3 amide bonds. The van der Waals surface area contributed by atoms with Crippen LogP contribution in [0.15, 0.2) is 29.1 Å². The number of aromatic nitrogens is 1. The molecule has 2 heterocycles. The van der Waals surface area contributed by atoms with Gasteiger partial charge >= 0.3 is 0 Å². The van der Waals surface area contributed by atoms with Gasteiger partial charge in [-0.2, -0.15) is 0 Å². The Morgan fingerprint density at radius 1 is 1.21 bits per heavy atom. The number of nitrogens with one attached hydrogen (secondary N) is 2. The number of amides is 3. The van der Waals surface area contributed by atoms with E-state index in [1.807, 2.05) is 6.92 Å². The summed E-state index contributed by atoms with van der Waals surface area (Å²) in [6, 6.07) is 5.74. The van der Waals surface area contributed by atoms with Gasteiger partial charge in [0.15, 0.2) is 0 Å². The number of carbonyl (C=O) groups excluding carboxylic acids is 3. The van der Waals surface area contributed by atoms with Gasteiger partial charge in [-0.1, -0.05) is 13.3 Å². The number of nitrogens with two attached hydrogens (primary N) is 1.